The lowest BCUT2D eigenvalue weighted by molar-refractivity contribution is -0.124. The highest BCUT2D eigenvalue weighted by Crippen LogP contribution is 2.49. The van der Waals surface area contributed by atoms with E-state index in [4.69, 9.17) is 11.6 Å². The second-order valence-corrected chi connectivity index (χ2v) is 8.05. The smallest absolute Gasteiger partial charge is 0.220 e. The van der Waals surface area contributed by atoms with E-state index in [0.29, 0.717) is 11.8 Å². The first kappa shape index (κ1) is 14.7. The van der Waals surface area contributed by atoms with E-state index in [1.165, 1.54) is 38.5 Å². The summed E-state index contributed by atoms with van der Waals surface area (Å²) in [5.74, 6) is 4.04. The van der Waals surface area contributed by atoms with E-state index in [1.54, 1.807) is 0 Å². The zero-order valence-corrected chi connectivity index (χ0v) is 13.4. The third-order valence-corrected chi connectivity index (χ3v) is 6.74. The molecule has 3 saturated carbocycles. The van der Waals surface area contributed by atoms with Crippen molar-refractivity contribution in [2.45, 2.75) is 70.3 Å². The van der Waals surface area contributed by atoms with E-state index in [-0.39, 0.29) is 11.4 Å². The molecule has 3 rings (SSSR count). The van der Waals surface area contributed by atoms with Gasteiger partial charge in [-0.3, -0.25) is 4.79 Å². The van der Waals surface area contributed by atoms with Gasteiger partial charge in [0, 0.05) is 12.3 Å². The minimum atomic E-state index is -0.108. The molecule has 0 aliphatic heterocycles. The van der Waals surface area contributed by atoms with E-state index < -0.39 is 0 Å². The summed E-state index contributed by atoms with van der Waals surface area (Å²) in [6.07, 6.45) is 10.7. The number of hydrogen-bond acceptors (Lipinski definition) is 1. The fourth-order valence-electron chi connectivity index (χ4n) is 4.82. The topological polar surface area (TPSA) is 29.1 Å². The Hall–Kier alpha value is -0.240. The molecule has 3 aliphatic rings. The monoisotopic (exact) mass is 297 g/mol. The maximum Gasteiger partial charge on any atom is 0.220 e. The Morgan fingerprint density at radius 2 is 1.95 bits per heavy atom. The minimum absolute atomic E-state index is 0.108. The summed E-state index contributed by atoms with van der Waals surface area (Å²) in [7, 11) is 0. The summed E-state index contributed by atoms with van der Waals surface area (Å²) in [6.45, 7) is 2.30. The van der Waals surface area contributed by atoms with E-state index in [0.717, 1.165) is 37.0 Å². The average molecular weight is 298 g/mol. The molecule has 114 valence electrons. The summed E-state index contributed by atoms with van der Waals surface area (Å²) in [6, 6.07) is 0. The molecule has 0 spiro atoms. The lowest BCUT2D eigenvalue weighted by atomic mass is 9.78. The molecule has 3 heteroatoms. The highest BCUT2D eigenvalue weighted by Gasteiger charge is 2.41. The van der Waals surface area contributed by atoms with Crippen molar-refractivity contribution in [3.63, 3.8) is 0 Å². The number of alkyl halides is 1. The van der Waals surface area contributed by atoms with Crippen LogP contribution in [0, 0.1) is 23.7 Å². The van der Waals surface area contributed by atoms with Crippen LogP contribution in [0.2, 0.25) is 0 Å². The summed E-state index contributed by atoms with van der Waals surface area (Å²) in [5.41, 5.74) is -0.108. The van der Waals surface area contributed by atoms with Crippen molar-refractivity contribution in [1.29, 1.82) is 0 Å². The van der Waals surface area contributed by atoms with Crippen molar-refractivity contribution in [1.82, 2.24) is 5.32 Å². The number of carbonyl (C=O) groups is 1. The maximum atomic E-state index is 12.4. The number of hydrogen-bond donors (Lipinski definition) is 1. The van der Waals surface area contributed by atoms with Crippen LogP contribution in [0.25, 0.3) is 0 Å². The van der Waals surface area contributed by atoms with Gasteiger partial charge in [0.1, 0.15) is 0 Å². The Kier molecular flexibility index (Phi) is 4.31. The van der Waals surface area contributed by atoms with Gasteiger partial charge < -0.3 is 5.32 Å². The van der Waals surface area contributed by atoms with Crippen LogP contribution in [0.15, 0.2) is 0 Å². The normalized spacial score (nSPS) is 43.7. The predicted molar refractivity (Wildman–Crippen MR) is 82.8 cm³/mol. The Balaban J connectivity index is 1.52. The van der Waals surface area contributed by atoms with Crippen molar-refractivity contribution in [2.24, 2.45) is 23.7 Å². The van der Waals surface area contributed by atoms with E-state index in [2.05, 4.69) is 12.2 Å². The molecular weight excluding hydrogens is 270 g/mol. The maximum absolute atomic E-state index is 12.4. The second-order valence-electron chi connectivity index (χ2n) is 7.78. The Morgan fingerprint density at radius 1 is 1.20 bits per heavy atom. The second kappa shape index (κ2) is 5.87. The zero-order chi connectivity index (χ0) is 14.2. The number of carbonyl (C=O) groups excluding carboxylic acids is 1. The summed E-state index contributed by atoms with van der Waals surface area (Å²) in [5, 5.41) is 3.32. The Labute approximate surface area is 128 Å². The molecule has 3 fully saturated rings. The van der Waals surface area contributed by atoms with Crippen LogP contribution in [-0.4, -0.2) is 17.3 Å². The molecule has 1 amide bonds. The third-order valence-electron chi connectivity index (χ3n) is 6.22. The molecule has 3 unspecified atom stereocenters. The average Bonchev–Trinajstić information content (AvgIpc) is 3.04. The zero-order valence-electron chi connectivity index (χ0n) is 12.7. The van der Waals surface area contributed by atoms with Crippen LogP contribution in [0.5, 0.6) is 0 Å². The van der Waals surface area contributed by atoms with Crippen molar-refractivity contribution in [2.75, 3.05) is 5.88 Å². The fourth-order valence-corrected chi connectivity index (χ4v) is 5.15. The van der Waals surface area contributed by atoms with Gasteiger partial charge in [-0.1, -0.05) is 13.3 Å². The van der Waals surface area contributed by atoms with Crippen LogP contribution >= 0.6 is 11.6 Å². The van der Waals surface area contributed by atoms with Crippen molar-refractivity contribution in [3.05, 3.63) is 0 Å². The molecule has 0 aromatic rings. The number of nitrogens with one attached hydrogen (secondary N) is 1. The molecule has 20 heavy (non-hydrogen) atoms. The molecule has 3 atom stereocenters. The Morgan fingerprint density at radius 3 is 2.50 bits per heavy atom. The minimum Gasteiger partial charge on any atom is -0.349 e. The quantitative estimate of drug-likeness (QED) is 0.777. The first-order valence-electron chi connectivity index (χ1n) is 8.47. The van der Waals surface area contributed by atoms with Gasteiger partial charge in [0.05, 0.1) is 5.54 Å². The number of rotatable bonds is 4. The third kappa shape index (κ3) is 3.00. The van der Waals surface area contributed by atoms with Gasteiger partial charge >= 0.3 is 0 Å². The largest absolute Gasteiger partial charge is 0.349 e. The van der Waals surface area contributed by atoms with Crippen molar-refractivity contribution >= 4 is 17.5 Å². The standard InChI is InChI=1S/C17H28ClNO/c1-12-4-6-17(11-18,7-5-12)19-16(20)10-15-9-13-2-3-14(15)8-13/h12-15H,2-11H2,1H3,(H,19,20). The predicted octanol–water partition coefficient (Wildman–Crippen LogP) is 4.12. The first-order chi connectivity index (χ1) is 9.60. The Bertz CT molecular complexity index is 362. The lowest BCUT2D eigenvalue weighted by Crippen LogP contribution is -2.52. The summed E-state index contributed by atoms with van der Waals surface area (Å²) < 4.78 is 0. The van der Waals surface area contributed by atoms with Gasteiger partial charge in [-0.15, -0.1) is 11.6 Å². The molecule has 0 saturated heterocycles. The first-order valence-corrected chi connectivity index (χ1v) is 9.01. The summed E-state index contributed by atoms with van der Waals surface area (Å²) in [4.78, 5) is 12.4. The van der Waals surface area contributed by atoms with E-state index in [9.17, 15) is 4.79 Å². The van der Waals surface area contributed by atoms with E-state index >= 15 is 0 Å². The van der Waals surface area contributed by atoms with Crippen molar-refractivity contribution in [3.8, 4) is 0 Å². The van der Waals surface area contributed by atoms with Gasteiger partial charge in [-0.2, -0.15) is 0 Å². The number of halogens is 1. The molecule has 0 heterocycles. The van der Waals surface area contributed by atoms with Gasteiger partial charge in [-0.05, 0) is 68.6 Å². The highest BCUT2D eigenvalue weighted by molar-refractivity contribution is 6.18. The lowest BCUT2D eigenvalue weighted by Gasteiger charge is -2.39. The van der Waals surface area contributed by atoms with Crippen molar-refractivity contribution < 1.29 is 4.79 Å². The van der Waals surface area contributed by atoms with Gasteiger partial charge in [0.2, 0.25) is 5.91 Å². The molecule has 3 aliphatic carbocycles. The van der Waals surface area contributed by atoms with Gasteiger partial charge in [-0.25, -0.2) is 0 Å². The van der Waals surface area contributed by atoms with Crippen LogP contribution in [0.3, 0.4) is 0 Å². The molecule has 0 aromatic carbocycles. The van der Waals surface area contributed by atoms with Gasteiger partial charge in [0.15, 0.2) is 0 Å². The van der Waals surface area contributed by atoms with E-state index in [1.807, 2.05) is 0 Å². The molecule has 2 nitrogen and oxygen atoms in total. The number of fused-ring (bicyclic) bond motifs is 2. The number of amides is 1. The highest BCUT2D eigenvalue weighted by atomic mass is 35.5. The fraction of sp³-hybridized carbons (Fsp3) is 0.941. The molecule has 0 aromatic heterocycles. The van der Waals surface area contributed by atoms with Crippen LogP contribution in [-0.2, 0) is 4.79 Å². The van der Waals surface area contributed by atoms with Crippen LogP contribution < -0.4 is 5.32 Å². The van der Waals surface area contributed by atoms with Crippen LogP contribution in [0.1, 0.15) is 64.7 Å². The molecular formula is C17H28ClNO. The molecule has 2 bridgehead atoms. The van der Waals surface area contributed by atoms with Crippen LogP contribution in [0.4, 0.5) is 0 Å². The molecule has 0 radical (unpaired) electrons. The van der Waals surface area contributed by atoms with Gasteiger partial charge in [0.25, 0.3) is 0 Å². The summed E-state index contributed by atoms with van der Waals surface area (Å²) >= 11 is 6.19. The SMILES string of the molecule is CC1CCC(CCl)(NC(=O)CC2CC3CCC2C3)CC1. The molecule has 1 N–H and O–H groups in total.